The first-order valence-corrected chi connectivity index (χ1v) is 9.30. The highest BCUT2D eigenvalue weighted by Gasteiger charge is 2.63. The molecule has 0 unspecified atom stereocenters. The monoisotopic (exact) mass is 388 g/mol. The van der Waals surface area contributed by atoms with E-state index in [2.05, 4.69) is 6.58 Å². The standard InChI is InChI=1S/C22H28O6/c1-7-8-13-11-22(28-6)12(2)17(18(19(13)23)21(22)24)14-9-15(25-3)20(27-5)16(10-14)26-4/h7,9-12,17-19,23H,1,8H2,2-6H3/t12-,17+,18-,19+,22+/m1/s1. The second-order valence-electron chi connectivity index (χ2n) is 7.32. The van der Waals surface area contributed by atoms with E-state index in [1.54, 1.807) is 40.6 Å². The minimum Gasteiger partial charge on any atom is -0.493 e. The molecular formula is C22H28O6. The molecule has 2 aliphatic rings. The van der Waals surface area contributed by atoms with Crippen molar-refractivity contribution in [2.24, 2.45) is 11.8 Å². The Balaban J connectivity index is 2.17. The number of rotatable bonds is 7. The van der Waals surface area contributed by atoms with Gasteiger partial charge in [-0.15, -0.1) is 6.58 Å². The first-order chi connectivity index (χ1) is 13.4. The third-order valence-corrected chi connectivity index (χ3v) is 6.20. The predicted molar refractivity (Wildman–Crippen MR) is 105 cm³/mol. The number of ketones is 1. The molecule has 1 aromatic carbocycles. The van der Waals surface area contributed by atoms with Crippen LogP contribution >= 0.6 is 0 Å². The topological polar surface area (TPSA) is 74.2 Å². The molecule has 152 valence electrons. The Morgan fingerprint density at radius 3 is 2.18 bits per heavy atom. The quantitative estimate of drug-likeness (QED) is 0.724. The van der Waals surface area contributed by atoms with E-state index in [1.807, 2.05) is 19.1 Å². The second kappa shape index (κ2) is 7.60. The molecule has 0 radical (unpaired) electrons. The predicted octanol–water partition coefficient (Wildman–Crippen LogP) is 2.89. The molecule has 1 saturated carbocycles. The lowest BCUT2D eigenvalue weighted by Crippen LogP contribution is -2.46. The Bertz CT molecular complexity index is 788. The van der Waals surface area contributed by atoms with Crippen LogP contribution in [0.4, 0.5) is 0 Å². The Kier molecular flexibility index (Phi) is 5.55. The number of benzene rings is 1. The fourth-order valence-corrected chi connectivity index (χ4v) is 4.84. The van der Waals surface area contributed by atoms with Crippen molar-refractivity contribution in [2.45, 2.75) is 31.0 Å². The lowest BCUT2D eigenvalue weighted by Gasteiger charge is -2.33. The van der Waals surface area contributed by atoms with Crippen LogP contribution < -0.4 is 14.2 Å². The van der Waals surface area contributed by atoms with Crippen LogP contribution in [0.3, 0.4) is 0 Å². The van der Waals surface area contributed by atoms with E-state index in [0.717, 1.165) is 11.1 Å². The zero-order chi connectivity index (χ0) is 20.6. The molecule has 0 aliphatic heterocycles. The Morgan fingerprint density at radius 2 is 1.71 bits per heavy atom. The molecule has 1 aromatic rings. The summed E-state index contributed by atoms with van der Waals surface area (Å²) < 4.78 is 22.1. The third kappa shape index (κ3) is 2.74. The Labute approximate surface area is 165 Å². The summed E-state index contributed by atoms with van der Waals surface area (Å²) in [5.74, 6) is 0.348. The molecule has 1 fully saturated rings. The van der Waals surface area contributed by atoms with Crippen molar-refractivity contribution in [1.82, 2.24) is 0 Å². The van der Waals surface area contributed by atoms with E-state index < -0.39 is 17.6 Å². The number of ether oxygens (including phenoxy) is 4. The van der Waals surface area contributed by atoms with Crippen molar-refractivity contribution in [3.63, 3.8) is 0 Å². The summed E-state index contributed by atoms with van der Waals surface area (Å²) in [5, 5.41) is 11.0. The maximum Gasteiger partial charge on any atom is 0.203 e. The van der Waals surface area contributed by atoms with Gasteiger partial charge in [-0.05, 0) is 35.8 Å². The van der Waals surface area contributed by atoms with Gasteiger partial charge in [-0.2, -0.15) is 0 Å². The van der Waals surface area contributed by atoms with Crippen molar-refractivity contribution in [2.75, 3.05) is 28.4 Å². The number of aliphatic hydroxyl groups is 1. The number of hydrogen-bond acceptors (Lipinski definition) is 6. The minimum atomic E-state index is -1.06. The van der Waals surface area contributed by atoms with Gasteiger partial charge in [0, 0.05) is 18.9 Å². The number of aliphatic hydroxyl groups excluding tert-OH is 1. The van der Waals surface area contributed by atoms with Gasteiger partial charge in [0.2, 0.25) is 5.75 Å². The minimum absolute atomic E-state index is 0.0958. The van der Waals surface area contributed by atoms with Gasteiger partial charge < -0.3 is 24.1 Å². The fraction of sp³-hybridized carbons (Fsp3) is 0.500. The maximum absolute atomic E-state index is 13.3. The number of hydrogen-bond donors (Lipinski definition) is 1. The summed E-state index contributed by atoms with van der Waals surface area (Å²) >= 11 is 0. The van der Waals surface area contributed by atoms with Crippen molar-refractivity contribution in [3.05, 3.63) is 42.0 Å². The number of carbonyl (C=O) groups is 1. The van der Waals surface area contributed by atoms with Crippen molar-refractivity contribution in [1.29, 1.82) is 0 Å². The summed E-state index contributed by atoms with van der Waals surface area (Å²) in [6.45, 7) is 5.74. The van der Waals surface area contributed by atoms with Crippen LogP contribution in [0.5, 0.6) is 17.2 Å². The molecule has 0 saturated heterocycles. The van der Waals surface area contributed by atoms with E-state index in [1.165, 1.54) is 0 Å². The van der Waals surface area contributed by atoms with Gasteiger partial charge >= 0.3 is 0 Å². The summed E-state index contributed by atoms with van der Waals surface area (Å²) in [6.07, 6.45) is 3.14. The normalized spacial score (nSPS) is 31.4. The third-order valence-electron chi connectivity index (χ3n) is 6.20. The molecule has 0 aromatic heterocycles. The highest BCUT2D eigenvalue weighted by atomic mass is 16.5. The number of carbonyl (C=O) groups excluding carboxylic acids is 1. The van der Waals surface area contributed by atoms with Crippen molar-refractivity contribution in [3.8, 4) is 17.2 Å². The summed E-state index contributed by atoms with van der Waals surface area (Å²) in [6, 6.07) is 3.69. The van der Waals surface area contributed by atoms with Crippen LogP contribution in [-0.2, 0) is 9.53 Å². The summed E-state index contributed by atoms with van der Waals surface area (Å²) in [4.78, 5) is 13.3. The SMILES string of the molecule is C=CCC1=C[C@@]2(OC)C(=O)[C@H]([C@H](c3cc(OC)c(OC)c(OC)c3)[C@H]2C)[C@H]1O. The van der Waals surface area contributed by atoms with E-state index in [4.69, 9.17) is 18.9 Å². The van der Waals surface area contributed by atoms with Gasteiger partial charge in [0.1, 0.15) is 5.60 Å². The first kappa shape index (κ1) is 20.4. The summed E-state index contributed by atoms with van der Waals surface area (Å²) in [5.41, 5.74) is 0.544. The molecule has 2 aliphatic carbocycles. The molecule has 1 N–H and O–H groups in total. The van der Waals surface area contributed by atoms with E-state index in [9.17, 15) is 9.90 Å². The van der Waals surface area contributed by atoms with Gasteiger partial charge in [0.25, 0.3) is 0 Å². The molecule has 6 nitrogen and oxygen atoms in total. The number of Topliss-reactive ketones (excluding diaryl/α,β-unsaturated/α-hetero) is 1. The Morgan fingerprint density at radius 1 is 1.11 bits per heavy atom. The smallest absolute Gasteiger partial charge is 0.203 e. The molecule has 0 amide bonds. The molecular weight excluding hydrogens is 360 g/mol. The molecule has 2 bridgehead atoms. The van der Waals surface area contributed by atoms with Gasteiger partial charge in [0.05, 0.1) is 33.4 Å². The summed E-state index contributed by atoms with van der Waals surface area (Å²) in [7, 11) is 6.20. The zero-order valence-electron chi connectivity index (χ0n) is 17.0. The van der Waals surface area contributed by atoms with Crippen LogP contribution in [0, 0.1) is 11.8 Å². The zero-order valence-corrected chi connectivity index (χ0v) is 17.0. The average molecular weight is 388 g/mol. The largest absolute Gasteiger partial charge is 0.493 e. The lowest BCUT2D eigenvalue weighted by atomic mass is 9.78. The van der Waals surface area contributed by atoms with E-state index in [-0.39, 0.29) is 17.6 Å². The van der Waals surface area contributed by atoms with E-state index in [0.29, 0.717) is 23.7 Å². The Hall–Kier alpha value is -2.31. The molecule has 0 spiro atoms. The van der Waals surface area contributed by atoms with Crippen LogP contribution in [0.2, 0.25) is 0 Å². The molecule has 28 heavy (non-hydrogen) atoms. The molecule has 3 rings (SSSR count). The average Bonchev–Trinajstić information content (AvgIpc) is 2.86. The number of allylic oxidation sites excluding steroid dienone is 1. The highest BCUT2D eigenvalue weighted by Crippen LogP contribution is 2.56. The van der Waals surface area contributed by atoms with Gasteiger partial charge in [0.15, 0.2) is 17.3 Å². The van der Waals surface area contributed by atoms with Crippen molar-refractivity contribution >= 4 is 5.78 Å². The second-order valence-corrected chi connectivity index (χ2v) is 7.32. The van der Waals surface area contributed by atoms with Crippen LogP contribution in [0.25, 0.3) is 0 Å². The fourth-order valence-electron chi connectivity index (χ4n) is 4.84. The van der Waals surface area contributed by atoms with Gasteiger partial charge in [-0.1, -0.05) is 13.0 Å². The highest BCUT2D eigenvalue weighted by molar-refractivity contribution is 5.98. The van der Waals surface area contributed by atoms with Crippen LogP contribution in [0.1, 0.15) is 24.8 Å². The van der Waals surface area contributed by atoms with E-state index >= 15 is 0 Å². The van der Waals surface area contributed by atoms with Gasteiger partial charge in [-0.3, -0.25) is 4.79 Å². The number of methoxy groups -OCH3 is 4. The first-order valence-electron chi connectivity index (χ1n) is 9.30. The molecule has 6 heteroatoms. The van der Waals surface area contributed by atoms with Crippen molar-refractivity contribution < 1.29 is 28.8 Å². The molecule has 0 heterocycles. The van der Waals surface area contributed by atoms with Crippen LogP contribution in [0.15, 0.2) is 36.4 Å². The van der Waals surface area contributed by atoms with Crippen LogP contribution in [-0.4, -0.2) is 51.0 Å². The van der Waals surface area contributed by atoms with Gasteiger partial charge in [-0.25, -0.2) is 0 Å². The number of fused-ring (bicyclic) bond motifs is 2. The maximum atomic E-state index is 13.3. The lowest BCUT2D eigenvalue weighted by molar-refractivity contribution is -0.140. The molecule has 5 atom stereocenters.